The van der Waals surface area contributed by atoms with Crippen molar-refractivity contribution in [3.05, 3.63) is 84.4 Å². The van der Waals surface area contributed by atoms with Crippen LogP contribution < -0.4 is 0 Å². The van der Waals surface area contributed by atoms with Crippen molar-refractivity contribution in [1.29, 1.82) is 0 Å². The Labute approximate surface area is 178 Å². The molecule has 3 rings (SSSR count). The highest BCUT2D eigenvalue weighted by Crippen LogP contribution is 2.30. The van der Waals surface area contributed by atoms with Crippen LogP contribution in [0.5, 0.6) is 0 Å². The van der Waals surface area contributed by atoms with Crippen molar-refractivity contribution < 1.29 is 0 Å². The summed E-state index contributed by atoms with van der Waals surface area (Å²) in [5.74, 6) is 0. The van der Waals surface area contributed by atoms with E-state index in [0.717, 1.165) is 0 Å². The van der Waals surface area contributed by atoms with Crippen LogP contribution >= 0.6 is 0 Å². The number of unbranched alkanes of at least 4 members (excludes halogenated alkanes) is 8. The van der Waals surface area contributed by atoms with E-state index in [2.05, 4.69) is 85.8 Å². The summed E-state index contributed by atoms with van der Waals surface area (Å²) in [6.45, 7) is 2.29. The van der Waals surface area contributed by atoms with Crippen LogP contribution in [0.15, 0.2) is 78.9 Å². The predicted octanol–water partition coefficient (Wildman–Crippen LogP) is 9.09. The third-order valence-electron chi connectivity index (χ3n) is 5.85. The maximum atomic E-state index is 2.38. The third-order valence-corrected chi connectivity index (χ3v) is 5.85. The largest absolute Gasteiger partial charge is 0.0654 e. The molecule has 0 aliphatic heterocycles. The number of hydrogen-bond donors (Lipinski definition) is 0. The summed E-state index contributed by atoms with van der Waals surface area (Å²) in [6, 6.07) is 28.6. The first-order valence-corrected chi connectivity index (χ1v) is 11.6. The quantitative estimate of drug-likeness (QED) is 0.273. The van der Waals surface area contributed by atoms with Crippen molar-refractivity contribution >= 4 is 0 Å². The van der Waals surface area contributed by atoms with Gasteiger partial charge in [0.05, 0.1) is 0 Å². The maximum Gasteiger partial charge on any atom is -0.0146 e. The zero-order valence-electron chi connectivity index (χ0n) is 18.1. The average Bonchev–Trinajstić information content (AvgIpc) is 2.79. The molecular weight excluding hydrogens is 348 g/mol. The van der Waals surface area contributed by atoms with Gasteiger partial charge in [0, 0.05) is 0 Å². The number of aryl methyl sites for hydroxylation is 1. The first-order chi connectivity index (χ1) is 14.4. The minimum absolute atomic E-state index is 1.18. The van der Waals surface area contributed by atoms with Gasteiger partial charge in [-0.25, -0.2) is 0 Å². The van der Waals surface area contributed by atoms with Crippen LogP contribution in [-0.2, 0) is 6.42 Å². The lowest BCUT2D eigenvalue weighted by Gasteiger charge is -2.13. The van der Waals surface area contributed by atoms with Crippen molar-refractivity contribution in [1.82, 2.24) is 0 Å². The summed E-state index contributed by atoms with van der Waals surface area (Å²) in [5.41, 5.74) is 6.81. The Kier molecular flexibility index (Phi) is 9.04. The van der Waals surface area contributed by atoms with Gasteiger partial charge in [0.1, 0.15) is 0 Å². The van der Waals surface area contributed by atoms with Gasteiger partial charge >= 0.3 is 0 Å². The van der Waals surface area contributed by atoms with Gasteiger partial charge < -0.3 is 0 Å². The zero-order chi connectivity index (χ0) is 20.2. The van der Waals surface area contributed by atoms with E-state index in [4.69, 9.17) is 0 Å². The number of rotatable bonds is 12. The van der Waals surface area contributed by atoms with Crippen molar-refractivity contribution in [2.24, 2.45) is 0 Å². The van der Waals surface area contributed by atoms with Gasteiger partial charge in [-0.15, -0.1) is 0 Å². The molecule has 0 spiro atoms. The highest BCUT2D eigenvalue weighted by molar-refractivity contribution is 5.75. The molecule has 0 aliphatic rings. The Morgan fingerprint density at radius 3 is 1.66 bits per heavy atom. The molecule has 0 saturated carbocycles. The van der Waals surface area contributed by atoms with E-state index in [0.29, 0.717) is 0 Å². The number of benzene rings is 3. The lowest BCUT2D eigenvalue weighted by atomic mass is 9.92. The standard InChI is InChI=1S/C29H36/c1-2-3-4-5-6-7-8-9-12-21-27-22-23-28(25-17-13-10-14-18-25)24-29(27)26-19-15-11-16-20-26/h10-11,13-20,22-24H,2-9,12,21H2,1H3. The molecule has 0 unspecified atom stereocenters. The SMILES string of the molecule is CCCCCCCCCCCc1ccc(-c2ccccc2)cc1-c1ccccc1. The monoisotopic (exact) mass is 384 g/mol. The first kappa shape index (κ1) is 21.4. The zero-order valence-corrected chi connectivity index (χ0v) is 18.1. The summed E-state index contributed by atoms with van der Waals surface area (Å²) in [7, 11) is 0. The van der Waals surface area contributed by atoms with Gasteiger partial charge in [0.25, 0.3) is 0 Å². The van der Waals surface area contributed by atoms with E-state index < -0.39 is 0 Å². The Bertz CT molecular complexity index is 817. The van der Waals surface area contributed by atoms with Crippen LogP contribution in [0.2, 0.25) is 0 Å². The van der Waals surface area contributed by atoms with Crippen LogP contribution in [0.1, 0.15) is 70.3 Å². The summed E-state index contributed by atoms with van der Waals surface area (Å²) >= 11 is 0. The van der Waals surface area contributed by atoms with E-state index in [1.807, 2.05) is 0 Å². The highest BCUT2D eigenvalue weighted by Gasteiger charge is 2.08. The minimum atomic E-state index is 1.18. The molecule has 0 radical (unpaired) electrons. The molecule has 0 saturated heterocycles. The van der Waals surface area contributed by atoms with Crippen LogP contribution in [0.25, 0.3) is 22.3 Å². The first-order valence-electron chi connectivity index (χ1n) is 11.6. The second kappa shape index (κ2) is 12.3. The van der Waals surface area contributed by atoms with Crippen molar-refractivity contribution in [3.8, 4) is 22.3 Å². The van der Waals surface area contributed by atoms with E-state index in [-0.39, 0.29) is 0 Å². The second-order valence-corrected chi connectivity index (χ2v) is 8.18. The van der Waals surface area contributed by atoms with Crippen LogP contribution in [-0.4, -0.2) is 0 Å². The summed E-state index contributed by atoms with van der Waals surface area (Å²) in [5, 5.41) is 0. The van der Waals surface area contributed by atoms with Gasteiger partial charge in [0.2, 0.25) is 0 Å². The van der Waals surface area contributed by atoms with E-state index in [9.17, 15) is 0 Å². The van der Waals surface area contributed by atoms with E-state index >= 15 is 0 Å². The minimum Gasteiger partial charge on any atom is -0.0654 e. The molecule has 0 bridgehead atoms. The van der Waals surface area contributed by atoms with Crippen LogP contribution in [0, 0.1) is 0 Å². The Hall–Kier alpha value is -2.34. The Morgan fingerprint density at radius 1 is 0.483 bits per heavy atom. The predicted molar refractivity (Wildman–Crippen MR) is 128 cm³/mol. The molecule has 3 aromatic carbocycles. The highest BCUT2D eigenvalue weighted by atomic mass is 14.1. The molecule has 29 heavy (non-hydrogen) atoms. The molecule has 0 N–H and O–H groups in total. The normalized spacial score (nSPS) is 10.9. The summed E-state index contributed by atoms with van der Waals surface area (Å²) in [4.78, 5) is 0. The fourth-order valence-corrected chi connectivity index (χ4v) is 4.12. The molecule has 0 nitrogen and oxygen atoms in total. The summed E-state index contributed by atoms with van der Waals surface area (Å²) < 4.78 is 0. The van der Waals surface area contributed by atoms with Crippen molar-refractivity contribution in [2.75, 3.05) is 0 Å². The summed E-state index contributed by atoms with van der Waals surface area (Å²) in [6.07, 6.45) is 13.6. The van der Waals surface area contributed by atoms with Crippen LogP contribution in [0.4, 0.5) is 0 Å². The molecule has 152 valence electrons. The number of hydrogen-bond acceptors (Lipinski definition) is 0. The van der Waals surface area contributed by atoms with Gasteiger partial charge in [-0.2, -0.15) is 0 Å². The van der Waals surface area contributed by atoms with Gasteiger partial charge in [-0.3, -0.25) is 0 Å². The Morgan fingerprint density at radius 2 is 1.03 bits per heavy atom. The molecule has 0 amide bonds. The average molecular weight is 385 g/mol. The van der Waals surface area contributed by atoms with E-state index in [1.165, 1.54) is 92.0 Å². The second-order valence-electron chi connectivity index (χ2n) is 8.18. The molecular formula is C29H36. The lowest BCUT2D eigenvalue weighted by molar-refractivity contribution is 0.565. The van der Waals surface area contributed by atoms with Crippen molar-refractivity contribution in [2.45, 2.75) is 71.1 Å². The fraction of sp³-hybridized carbons (Fsp3) is 0.379. The fourth-order valence-electron chi connectivity index (χ4n) is 4.12. The third kappa shape index (κ3) is 6.89. The topological polar surface area (TPSA) is 0 Å². The van der Waals surface area contributed by atoms with Crippen LogP contribution in [0.3, 0.4) is 0 Å². The molecule has 0 aliphatic carbocycles. The molecule has 0 fully saturated rings. The Balaban J connectivity index is 1.61. The smallest absolute Gasteiger partial charge is 0.0146 e. The maximum absolute atomic E-state index is 2.38. The van der Waals surface area contributed by atoms with Crippen molar-refractivity contribution in [3.63, 3.8) is 0 Å². The molecule has 0 heteroatoms. The molecule has 0 atom stereocenters. The molecule has 3 aromatic rings. The molecule has 0 aromatic heterocycles. The van der Waals surface area contributed by atoms with E-state index in [1.54, 1.807) is 0 Å². The lowest BCUT2D eigenvalue weighted by Crippen LogP contribution is -1.93. The van der Waals surface area contributed by atoms with Gasteiger partial charge in [-0.05, 0) is 46.7 Å². The molecule has 0 heterocycles. The van der Waals surface area contributed by atoms with Gasteiger partial charge in [0.15, 0.2) is 0 Å². The van der Waals surface area contributed by atoms with Gasteiger partial charge in [-0.1, -0.05) is 131 Å².